The molecule has 1 amide bonds. The Hall–Kier alpha value is -1.59. The van der Waals surface area contributed by atoms with Gasteiger partial charge in [-0.25, -0.2) is 0 Å². The van der Waals surface area contributed by atoms with Crippen molar-refractivity contribution in [3.05, 3.63) is 29.8 Å². The second-order valence-electron chi connectivity index (χ2n) is 9.57. The summed E-state index contributed by atoms with van der Waals surface area (Å²) in [5.41, 5.74) is 1.99. The van der Waals surface area contributed by atoms with Crippen LogP contribution >= 0.6 is 0 Å². The lowest BCUT2D eigenvalue weighted by Gasteiger charge is -2.30. The lowest BCUT2D eigenvalue weighted by Crippen LogP contribution is -2.40. The molecule has 1 spiro atoms. The van der Waals surface area contributed by atoms with E-state index < -0.39 is 0 Å². The van der Waals surface area contributed by atoms with Gasteiger partial charge in [-0.15, -0.1) is 0 Å². The predicted molar refractivity (Wildman–Crippen MR) is 111 cm³/mol. The molecule has 152 valence electrons. The van der Waals surface area contributed by atoms with Crippen molar-refractivity contribution in [2.24, 2.45) is 11.8 Å². The first-order chi connectivity index (χ1) is 13.6. The number of amides is 1. The van der Waals surface area contributed by atoms with Gasteiger partial charge in [0.15, 0.2) is 0 Å². The van der Waals surface area contributed by atoms with Gasteiger partial charge in [-0.3, -0.25) is 4.79 Å². The van der Waals surface area contributed by atoms with Crippen LogP contribution in [0.3, 0.4) is 0 Å². The van der Waals surface area contributed by atoms with Crippen molar-refractivity contribution in [1.29, 1.82) is 0 Å². The molecule has 0 aliphatic carbocycles. The number of rotatable bonds is 4. The molecule has 0 saturated carbocycles. The fraction of sp³-hybridized carbons (Fsp3) is 0.696. The third kappa shape index (κ3) is 3.03. The Morgan fingerprint density at radius 1 is 1.18 bits per heavy atom. The Morgan fingerprint density at radius 2 is 1.93 bits per heavy atom. The molecule has 0 N–H and O–H groups in total. The summed E-state index contributed by atoms with van der Waals surface area (Å²) in [5.74, 6) is 1.22. The van der Waals surface area contributed by atoms with Gasteiger partial charge in [0.05, 0.1) is 18.2 Å². The summed E-state index contributed by atoms with van der Waals surface area (Å²) in [5, 5.41) is 0. The van der Waals surface area contributed by atoms with E-state index in [1.165, 1.54) is 24.9 Å². The number of ether oxygens (including phenoxy) is 1. The molecular weight excluding hydrogens is 350 g/mol. The summed E-state index contributed by atoms with van der Waals surface area (Å²) in [6.07, 6.45) is 6.54. The number of piperidine rings is 1. The van der Waals surface area contributed by atoms with Crippen LogP contribution in [-0.4, -0.2) is 74.2 Å². The molecule has 4 fully saturated rings. The maximum Gasteiger partial charge on any atom is 0.253 e. The van der Waals surface area contributed by atoms with Gasteiger partial charge in [0.25, 0.3) is 5.91 Å². The second-order valence-corrected chi connectivity index (χ2v) is 9.57. The molecule has 28 heavy (non-hydrogen) atoms. The number of likely N-dealkylation sites (tertiary alicyclic amines) is 1. The summed E-state index contributed by atoms with van der Waals surface area (Å²) in [4.78, 5) is 20.0. The molecule has 1 aromatic rings. The van der Waals surface area contributed by atoms with Crippen LogP contribution in [0.5, 0.6) is 0 Å². The van der Waals surface area contributed by atoms with E-state index in [2.05, 4.69) is 40.9 Å². The molecule has 0 radical (unpaired) electrons. The van der Waals surface area contributed by atoms with Crippen molar-refractivity contribution in [3.8, 4) is 0 Å². The van der Waals surface area contributed by atoms with Gasteiger partial charge in [0.1, 0.15) is 0 Å². The summed E-state index contributed by atoms with van der Waals surface area (Å²) in [7, 11) is 4.28. The Kier molecular flexibility index (Phi) is 4.63. The topological polar surface area (TPSA) is 36.0 Å². The zero-order chi connectivity index (χ0) is 19.3. The van der Waals surface area contributed by atoms with E-state index in [1.807, 2.05) is 12.1 Å². The van der Waals surface area contributed by atoms with Crippen molar-refractivity contribution in [3.63, 3.8) is 0 Å². The fourth-order valence-electron chi connectivity index (χ4n) is 6.16. The fourth-order valence-corrected chi connectivity index (χ4v) is 6.16. The molecule has 4 aliphatic heterocycles. The van der Waals surface area contributed by atoms with Crippen LogP contribution in [0.25, 0.3) is 0 Å². The van der Waals surface area contributed by atoms with Crippen molar-refractivity contribution < 1.29 is 9.53 Å². The Balaban J connectivity index is 1.29. The monoisotopic (exact) mass is 383 g/mol. The summed E-state index contributed by atoms with van der Waals surface area (Å²) >= 11 is 0. The molecule has 0 unspecified atom stereocenters. The largest absolute Gasteiger partial charge is 0.372 e. The maximum atomic E-state index is 13.2. The molecule has 5 nitrogen and oxygen atoms in total. The molecule has 4 aliphatic rings. The molecule has 4 atom stereocenters. The van der Waals surface area contributed by atoms with Crippen LogP contribution < -0.4 is 4.90 Å². The zero-order valence-electron chi connectivity index (χ0n) is 17.3. The number of fused-ring (bicyclic) bond motifs is 1. The number of anilines is 1. The van der Waals surface area contributed by atoms with Crippen LogP contribution in [0.2, 0.25) is 0 Å². The van der Waals surface area contributed by atoms with E-state index >= 15 is 0 Å². The standard InChI is InChI=1S/C23H33N3O2/c1-24(2)14-19-20-15-26(16-23(20)11-10-21(19)28-23)22(27)17-6-8-18(9-7-17)25-12-4-3-5-13-25/h6-9,19-21H,3-5,10-16H2,1-2H3/t19-,20+,21+,23+/m1/s1. The minimum Gasteiger partial charge on any atom is -0.372 e. The molecule has 4 heterocycles. The first-order valence-electron chi connectivity index (χ1n) is 11.0. The minimum absolute atomic E-state index is 0.0747. The normalized spacial score (nSPS) is 34.3. The van der Waals surface area contributed by atoms with E-state index in [0.29, 0.717) is 17.9 Å². The Morgan fingerprint density at radius 3 is 2.64 bits per heavy atom. The number of carbonyl (C=O) groups is 1. The van der Waals surface area contributed by atoms with Gasteiger partial charge in [0, 0.05) is 49.3 Å². The molecule has 5 rings (SSSR count). The lowest BCUT2D eigenvalue weighted by molar-refractivity contribution is 0.00256. The first-order valence-corrected chi connectivity index (χ1v) is 11.0. The first kappa shape index (κ1) is 18.4. The van der Waals surface area contributed by atoms with Crippen LogP contribution in [-0.2, 0) is 4.74 Å². The van der Waals surface area contributed by atoms with Gasteiger partial charge in [-0.05, 0) is 70.5 Å². The highest BCUT2D eigenvalue weighted by atomic mass is 16.5. The maximum absolute atomic E-state index is 13.2. The van der Waals surface area contributed by atoms with Gasteiger partial charge in [-0.2, -0.15) is 0 Å². The molecule has 0 aromatic heterocycles. The van der Waals surface area contributed by atoms with Gasteiger partial charge >= 0.3 is 0 Å². The summed E-state index contributed by atoms with van der Waals surface area (Å²) in [6.45, 7) is 4.95. The van der Waals surface area contributed by atoms with Gasteiger partial charge in [0.2, 0.25) is 0 Å². The highest BCUT2D eigenvalue weighted by molar-refractivity contribution is 5.95. The third-order valence-corrected chi connectivity index (χ3v) is 7.48. The van der Waals surface area contributed by atoms with Gasteiger partial charge in [-0.1, -0.05) is 0 Å². The summed E-state index contributed by atoms with van der Waals surface area (Å²) in [6, 6.07) is 8.30. The average Bonchev–Trinajstić information content (AvgIpc) is 3.38. The van der Waals surface area contributed by atoms with Crippen molar-refractivity contribution >= 4 is 11.6 Å². The van der Waals surface area contributed by atoms with E-state index in [0.717, 1.165) is 51.1 Å². The van der Waals surface area contributed by atoms with Crippen LogP contribution in [0.1, 0.15) is 42.5 Å². The number of carbonyl (C=O) groups excluding carboxylic acids is 1. The molecule has 5 heteroatoms. The van der Waals surface area contributed by atoms with E-state index in [4.69, 9.17) is 4.74 Å². The Bertz CT molecular complexity index is 728. The van der Waals surface area contributed by atoms with E-state index in [9.17, 15) is 4.79 Å². The average molecular weight is 384 g/mol. The molecule has 1 aromatic carbocycles. The van der Waals surface area contributed by atoms with Crippen LogP contribution in [0, 0.1) is 11.8 Å². The van der Waals surface area contributed by atoms with Crippen LogP contribution in [0.15, 0.2) is 24.3 Å². The quantitative estimate of drug-likeness (QED) is 0.801. The SMILES string of the molecule is CN(C)C[C@H]1[C@@H]2CC[C@@]3(CN(C(=O)c4ccc(N5CCCCC5)cc4)C[C@@H]13)O2. The minimum atomic E-state index is -0.0747. The Labute approximate surface area is 168 Å². The third-order valence-electron chi connectivity index (χ3n) is 7.48. The van der Waals surface area contributed by atoms with Crippen molar-refractivity contribution in [2.75, 3.05) is 51.7 Å². The number of nitrogens with zero attached hydrogens (tertiary/aromatic N) is 3. The highest BCUT2D eigenvalue weighted by Crippen LogP contribution is 2.55. The lowest BCUT2D eigenvalue weighted by atomic mass is 9.73. The predicted octanol–water partition coefficient (Wildman–Crippen LogP) is 2.86. The molecule has 4 saturated heterocycles. The second kappa shape index (κ2) is 7.03. The number of benzene rings is 1. The smallest absolute Gasteiger partial charge is 0.253 e. The van der Waals surface area contributed by atoms with Crippen LogP contribution in [0.4, 0.5) is 5.69 Å². The van der Waals surface area contributed by atoms with Crippen molar-refractivity contribution in [1.82, 2.24) is 9.80 Å². The molecule has 2 bridgehead atoms. The highest BCUT2D eigenvalue weighted by Gasteiger charge is 2.63. The number of hydrogen-bond donors (Lipinski definition) is 0. The van der Waals surface area contributed by atoms with Crippen molar-refractivity contribution in [2.45, 2.75) is 43.8 Å². The summed E-state index contributed by atoms with van der Waals surface area (Å²) < 4.78 is 6.48. The zero-order valence-corrected chi connectivity index (χ0v) is 17.3. The molecular formula is C23H33N3O2. The number of hydrogen-bond acceptors (Lipinski definition) is 4. The van der Waals surface area contributed by atoms with Gasteiger partial charge < -0.3 is 19.4 Å². The van der Waals surface area contributed by atoms with E-state index in [1.54, 1.807) is 0 Å². The van der Waals surface area contributed by atoms with E-state index in [-0.39, 0.29) is 11.5 Å².